The molecular weight excluding hydrogens is 273 g/mol. The minimum Gasteiger partial charge on any atom is -0.343 e. The largest absolute Gasteiger partial charge is 0.435 e. The maximum atomic E-state index is 13.2. The van der Waals surface area contributed by atoms with E-state index in [4.69, 9.17) is 0 Å². The number of para-hydroxylation sites is 1. The van der Waals surface area contributed by atoms with Crippen molar-refractivity contribution >= 4 is 5.91 Å². The molecule has 0 aliphatic heterocycles. The predicted octanol–water partition coefficient (Wildman–Crippen LogP) is 1.99. The number of hydrogen-bond acceptors (Lipinski definition) is 3. The summed E-state index contributed by atoms with van der Waals surface area (Å²) in [7, 11) is 2.70. The van der Waals surface area contributed by atoms with Gasteiger partial charge in [-0.05, 0) is 12.1 Å². The highest BCUT2D eigenvalue weighted by molar-refractivity contribution is 5.93. The monoisotopic (exact) mass is 284 g/mol. The molecule has 0 atom stereocenters. The zero-order valence-electron chi connectivity index (χ0n) is 10.7. The van der Waals surface area contributed by atoms with Crippen LogP contribution < -0.4 is 0 Å². The van der Waals surface area contributed by atoms with Crippen LogP contribution in [-0.2, 0) is 6.18 Å². The van der Waals surface area contributed by atoms with Gasteiger partial charge < -0.3 is 4.90 Å². The Kier molecular flexibility index (Phi) is 3.47. The van der Waals surface area contributed by atoms with Crippen LogP contribution in [0.15, 0.2) is 30.3 Å². The van der Waals surface area contributed by atoms with Crippen molar-refractivity contribution in [3.8, 4) is 5.69 Å². The zero-order valence-corrected chi connectivity index (χ0v) is 10.7. The number of hydrogen-bond donors (Lipinski definition) is 0. The molecule has 2 aromatic rings. The van der Waals surface area contributed by atoms with E-state index in [1.54, 1.807) is 18.2 Å². The lowest BCUT2D eigenvalue weighted by Crippen LogP contribution is -2.26. The second-order valence-corrected chi connectivity index (χ2v) is 4.23. The average molecular weight is 284 g/mol. The molecular formula is C12H11F3N4O. The average Bonchev–Trinajstić information content (AvgIpc) is 2.83. The topological polar surface area (TPSA) is 51.0 Å². The van der Waals surface area contributed by atoms with Crippen LogP contribution in [-0.4, -0.2) is 39.9 Å². The van der Waals surface area contributed by atoms with E-state index in [2.05, 4.69) is 10.3 Å². The highest BCUT2D eigenvalue weighted by atomic mass is 19.4. The van der Waals surface area contributed by atoms with E-state index in [9.17, 15) is 18.0 Å². The summed E-state index contributed by atoms with van der Waals surface area (Å²) in [5, 5.41) is 6.84. The van der Waals surface area contributed by atoms with Gasteiger partial charge >= 0.3 is 6.18 Å². The van der Waals surface area contributed by atoms with Crippen molar-refractivity contribution < 1.29 is 18.0 Å². The summed E-state index contributed by atoms with van der Waals surface area (Å²) >= 11 is 0. The molecule has 1 aromatic carbocycles. The van der Waals surface area contributed by atoms with Gasteiger partial charge in [-0.3, -0.25) is 4.79 Å². The number of carbonyl (C=O) groups excluding carboxylic acids is 1. The first-order valence-electron chi connectivity index (χ1n) is 5.62. The third kappa shape index (κ3) is 2.49. The van der Waals surface area contributed by atoms with Crippen LogP contribution in [0.5, 0.6) is 0 Å². The number of amides is 1. The molecule has 0 fully saturated rings. The zero-order chi connectivity index (χ0) is 14.9. The predicted molar refractivity (Wildman–Crippen MR) is 64.4 cm³/mol. The SMILES string of the molecule is CN(C)C(=O)c1nnn(-c2ccccc2)c1C(F)(F)F. The summed E-state index contributed by atoms with van der Waals surface area (Å²) in [4.78, 5) is 12.8. The van der Waals surface area contributed by atoms with E-state index < -0.39 is 23.5 Å². The summed E-state index contributed by atoms with van der Waals surface area (Å²) in [5.41, 5.74) is -1.71. The van der Waals surface area contributed by atoms with Crippen molar-refractivity contribution in [2.75, 3.05) is 14.1 Å². The molecule has 5 nitrogen and oxygen atoms in total. The maximum Gasteiger partial charge on any atom is 0.435 e. The molecule has 0 saturated heterocycles. The summed E-state index contributed by atoms with van der Waals surface area (Å²) < 4.78 is 40.2. The lowest BCUT2D eigenvalue weighted by molar-refractivity contribution is -0.143. The van der Waals surface area contributed by atoms with Gasteiger partial charge in [-0.25, -0.2) is 4.68 Å². The molecule has 0 bridgehead atoms. The Balaban J connectivity index is 2.64. The Morgan fingerprint density at radius 1 is 1.20 bits per heavy atom. The molecule has 0 unspecified atom stereocenters. The fourth-order valence-electron chi connectivity index (χ4n) is 1.64. The second-order valence-electron chi connectivity index (χ2n) is 4.23. The quantitative estimate of drug-likeness (QED) is 0.847. The Hall–Kier alpha value is -2.38. The number of aromatic nitrogens is 3. The first-order valence-corrected chi connectivity index (χ1v) is 5.62. The number of nitrogens with zero attached hydrogens (tertiary/aromatic N) is 4. The number of rotatable bonds is 2. The van der Waals surface area contributed by atoms with E-state index in [-0.39, 0.29) is 5.69 Å². The standard InChI is InChI=1S/C12H11F3N4O/c1-18(2)11(20)9-10(12(13,14)15)19(17-16-9)8-6-4-3-5-7-8/h3-7H,1-2H3. The fourth-order valence-corrected chi connectivity index (χ4v) is 1.64. The van der Waals surface area contributed by atoms with Crippen LogP contribution in [0.4, 0.5) is 13.2 Å². The van der Waals surface area contributed by atoms with Crippen molar-refractivity contribution in [3.63, 3.8) is 0 Å². The summed E-state index contributed by atoms with van der Waals surface area (Å²) in [5.74, 6) is -0.848. The Labute approximate surface area is 112 Å². The fraction of sp³-hybridized carbons (Fsp3) is 0.250. The van der Waals surface area contributed by atoms with Gasteiger partial charge in [0.2, 0.25) is 0 Å². The number of alkyl halides is 3. The minimum absolute atomic E-state index is 0.185. The van der Waals surface area contributed by atoms with Crippen LogP contribution in [0, 0.1) is 0 Å². The summed E-state index contributed by atoms with van der Waals surface area (Å²) in [6.45, 7) is 0. The highest BCUT2D eigenvalue weighted by Crippen LogP contribution is 2.32. The Morgan fingerprint density at radius 3 is 2.30 bits per heavy atom. The normalized spacial score (nSPS) is 11.4. The van der Waals surface area contributed by atoms with E-state index in [1.165, 1.54) is 26.2 Å². The van der Waals surface area contributed by atoms with Crippen LogP contribution in [0.3, 0.4) is 0 Å². The Bertz CT molecular complexity index is 619. The van der Waals surface area contributed by atoms with Gasteiger partial charge in [-0.1, -0.05) is 23.4 Å². The second kappa shape index (κ2) is 4.95. The molecule has 106 valence electrons. The maximum absolute atomic E-state index is 13.2. The molecule has 2 rings (SSSR count). The van der Waals surface area contributed by atoms with Crippen LogP contribution >= 0.6 is 0 Å². The summed E-state index contributed by atoms with van der Waals surface area (Å²) in [6, 6.07) is 7.72. The van der Waals surface area contributed by atoms with Gasteiger partial charge in [0.25, 0.3) is 5.91 Å². The summed E-state index contributed by atoms with van der Waals surface area (Å²) in [6.07, 6.45) is -4.74. The van der Waals surface area contributed by atoms with E-state index in [0.29, 0.717) is 4.68 Å². The van der Waals surface area contributed by atoms with Gasteiger partial charge in [0.15, 0.2) is 11.4 Å². The van der Waals surface area contributed by atoms with Crippen LogP contribution in [0.1, 0.15) is 16.2 Å². The van der Waals surface area contributed by atoms with Gasteiger partial charge in [-0.15, -0.1) is 5.10 Å². The van der Waals surface area contributed by atoms with E-state index in [0.717, 1.165) is 4.90 Å². The first-order chi connectivity index (χ1) is 9.32. The third-order valence-electron chi connectivity index (χ3n) is 2.55. The molecule has 1 amide bonds. The smallest absolute Gasteiger partial charge is 0.343 e. The lowest BCUT2D eigenvalue weighted by Gasteiger charge is -2.13. The van der Waals surface area contributed by atoms with Crippen LogP contribution in [0.2, 0.25) is 0 Å². The molecule has 0 aliphatic rings. The molecule has 1 aromatic heterocycles. The van der Waals surface area contributed by atoms with E-state index in [1.807, 2.05) is 0 Å². The van der Waals surface area contributed by atoms with Gasteiger partial charge in [0.05, 0.1) is 5.69 Å². The Morgan fingerprint density at radius 2 is 1.80 bits per heavy atom. The lowest BCUT2D eigenvalue weighted by atomic mass is 10.2. The van der Waals surface area contributed by atoms with Gasteiger partial charge in [-0.2, -0.15) is 13.2 Å². The van der Waals surface area contributed by atoms with Crippen molar-refractivity contribution in [3.05, 3.63) is 41.7 Å². The van der Waals surface area contributed by atoms with Crippen molar-refractivity contribution in [1.29, 1.82) is 0 Å². The van der Waals surface area contributed by atoms with Crippen LogP contribution in [0.25, 0.3) is 5.69 Å². The first kappa shape index (κ1) is 14.0. The molecule has 0 N–H and O–H groups in total. The van der Waals surface area contributed by atoms with E-state index >= 15 is 0 Å². The molecule has 0 saturated carbocycles. The number of benzene rings is 1. The minimum atomic E-state index is -4.74. The van der Waals surface area contributed by atoms with Crippen molar-refractivity contribution in [1.82, 2.24) is 19.9 Å². The molecule has 0 radical (unpaired) electrons. The van der Waals surface area contributed by atoms with Gasteiger partial charge in [0.1, 0.15) is 0 Å². The molecule has 0 spiro atoms. The number of carbonyl (C=O) groups is 1. The molecule has 20 heavy (non-hydrogen) atoms. The number of halogens is 3. The molecule has 0 aliphatic carbocycles. The highest BCUT2D eigenvalue weighted by Gasteiger charge is 2.42. The van der Waals surface area contributed by atoms with Crippen molar-refractivity contribution in [2.24, 2.45) is 0 Å². The molecule has 8 heteroatoms. The van der Waals surface area contributed by atoms with Gasteiger partial charge in [0, 0.05) is 14.1 Å². The van der Waals surface area contributed by atoms with Crippen molar-refractivity contribution in [2.45, 2.75) is 6.18 Å². The third-order valence-corrected chi connectivity index (χ3v) is 2.55. The molecule has 1 heterocycles.